The van der Waals surface area contributed by atoms with Crippen LogP contribution >= 0.6 is 0 Å². The lowest BCUT2D eigenvalue weighted by Crippen LogP contribution is -2.44. The minimum atomic E-state index is -0.578. The van der Waals surface area contributed by atoms with Gasteiger partial charge in [-0.1, -0.05) is 0 Å². The highest BCUT2D eigenvalue weighted by Crippen LogP contribution is 2.18. The molecule has 0 saturated carbocycles. The zero-order valence-corrected chi connectivity index (χ0v) is 13.1. The largest absolute Gasteiger partial charge is 0.489 e. The zero-order valence-electron chi connectivity index (χ0n) is 13.1. The minimum Gasteiger partial charge on any atom is -0.489 e. The second kappa shape index (κ2) is 7.12. The molecular formula is C16H18N4O4. The molecule has 1 saturated heterocycles. The number of likely N-dealkylation sites (tertiary alicyclic amines) is 1. The molecule has 24 heavy (non-hydrogen) atoms. The van der Waals surface area contributed by atoms with Crippen molar-refractivity contribution in [2.75, 3.05) is 13.1 Å². The Kier molecular flexibility index (Phi) is 4.74. The van der Waals surface area contributed by atoms with E-state index in [4.69, 9.17) is 4.74 Å². The molecule has 0 bridgehead atoms. The number of piperidine rings is 1. The first kappa shape index (κ1) is 16.0. The number of nitrogens with zero attached hydrogens (tertiary/aromatic N) is 3. The maximum Gasteiger partial charge on any atom is 0.328 e. The minimum absolute atomic E-state index is 0.0500. The third-order valence-electron chi connectivity index (χ3n) is 3.93. The predicted molar refractivity (Wildman–Crippen MR) is 85.8 cm³/mol. The van der Waals surface area contributed by atoms with Crippen LogP contribution in [0.5, 0.6) is 5.75 Å². The Labute approximate surface area is 137 Å². The molecule has 1 fully saturated rings. The average Bonchev–Trinajstić information content (AvgIpc) is 2.59. The predicted octanol–water partition coefficient (Wildman–Crippen LogP) is 0.00160. The van der Waals surface area contributed by atoms with E-state index in [-0.39, 0.29) is 18.6 Å². The van der Waals surface area contributed by atoms with Crippen molar-refractivity contribution in [1.82, 2.24) is 19.4 Å². The quantitative estimate of drug-likeness (QED) is 0.851. The summed E-state index contributed by atoms with van der Waals surface area (Å²) in [5.41, 5.74) is -1.05. The maximum absolute atomic E-state index is 12.3. The van der Waals surface area contributed by atoms with Crippen molar-refractivity contribution >= 4 is 5.91 Å². The Morgan fingerprint density at radius 1 is 1.29 bits per heavy atom. The molecule has 3 heterocycles. The number of carbonyl (C=O) groups excluding carboxylic acids is 1. The Bertz CT molecular complexity index is 807. The molecule has 0 radical (unpaired) electrons. The fourth-order valence-corrected chi connectivity index (χ4v) is 2.65. The van der Waals surface area contributed by atoms with Gasteiger partial charge in [-0.15, -0.1) is 0 Å². The van der Waals surface area contributed by atoms with Crippen LogP contribution in [-0.2, 0) is 11.3 Å². The second-order valence-electron chi connectivity index (χ2n) is 5.62. The first-order chi connectivity index (χ1) is 11.6. The van der Waals surface area contributed by atoms with Crippen LogP contribution < -0.4 is 16.0 Å². The highest BCUT2D eigenvalue weighted by molar-refractivity contribution is 5.76. The lowest BCUT2D eigenvalue weighted by molar-refractivity contribution is -0.133. The molecule has 1 aliphatic rings. The Balaban J connectivity index is 1.53. The van der Waals surface area contributed by atoms with E-state index in [9.17, 15) is 14.4 Å². The first-order valence-electron chi connectivity index (χ1n) is 7.76. The van der Waals surface area contributed by atoms with Crippen molar-refractivity contribution < 1.29 is 9.53 Å². The van der Waals surface area contributed by atoms with Gasteiger partial charge in [0, 0.05) is 44.4 Å². The van der Waals surface area contributed by atoms with Crippen LogP contribution in [0.1, 0.15) is 12.8 Å². The zero-order chi connectivity index (χ0) is 16.9. The lowest BCUT2D eigenvalue weighted by Gasteiger charge is -2.32. The Hall–Kier alpha value is -2.90. The second-order valence-corrected chi connectivity index (χ2v) is 5.62. The summed E-state index contributed by atoms with van der Waals surface area (Å²) in [6.45, 7) is 1.06. The molecule has 0 unspecified atom stereocenters. The summed E-state index contributed by atoms with van der Waals surface area (Å²) in [6.07, 6.45) is 6.18. The number of H-pyrrole nitrogens is 1. The number of ether oxygens (including phenoxy) is 1. The molecule has 0 spiro atoms. The van der Waals surface area contributed by atoms with Crippen LogP contribution in [0.3, 0.4) is 0 Å². The summed E-state index contributed by atoms with van der Waals surface area (Å²) in [4.78, 5) is 42.8. The standard InChI is InChI=1S/C16H18N4O4/c21-14-5-9-20(16(23)18-14)11-15(22)19-7-3-12(4-8-19)24-13-2-1-6-17-10-13/h1-2,5-6,9-10,12H,3-4,7-8,11H2,(H,18,21,23). The summed E-state index contributed by atoms with van der Waals surface area (Å²) < 4.78 is 7.03. The number of hydrogen-bond acceptors (Lipinski definition) is 5. The molecule has 8 heteroatoms. The van der Waals surface area contributed by atoms with Crippen LogP contribution in [0.2, 0.25) is 0 Å². The number of hydrogen-bond donors (Lipinski definition) is 1. The van der Waals surface area contributed by atoms with E-state index in [1.807, 2.05) is 12.1 Å². The maximum atomic E-state index is 12.3. The van der Waals surface area contributed by atoms with Gasteiger partial charge in [0.25, 0.3) is 5.56 Å². The molecule has 8 nitrogen and oxygen atoms in total. The number of carbonyl (C=O) groups is 1. The van der Waals surface area contributed by atoms with Crippen LogP contribution in [0.15, 0.2) is 46.4 Å². The summed E-state index contributed by atoms with van der Waals surface area (Å²) in [6, 6.07) is 4.89. The molecule has 0 atom stereocenters. The highest BCUT2D eigenvalue weighted by Gasteiger charge is 2.24. The normalized spacial score (nSPS) is 15.2. The first-order valence-corrected chi connectivity index (χ1v) is 7.76. The molecule has 126 valence electrons. The van der Waals surface area contributed by atoms with E-state index < -0.39 is 11.2 Å². The topological polar surface area (TPSA) is 97.3 Å². The highest BCUT2D eigenvalue weighted by atomic mass is 16.5. The molecule has 3 rings (SSSR count). The van der Waals surface area contributed by atoms with E-state index in [1.165, 1.54) is 16.8 Å². The summed E-state index contributed by atoms with van der Waals surface area (Å²) in [7, 11) is 0. The van der Waals surface area contributed by atoms with E-state index in [2.05, 4.69) is 9.97 Å². The summed E-state index contributed by atoms with van der Waals surface area (Å²) in [5.74, 6) is 0.575. The third-order valence-corrected chi connectivity index (χ3v) is 3.93. The number of nitrogens with one attached hydrogen (secondary N) is 1. The van der Waals surface area contributed by atoms with E-state index >= 15 is 0 Å². The van der Waals surface area contributed by atoms with E-state index in [1.54, 1.807) is 17.3 Å². The van der Waals surface area contributed by atoms with Crippen LogP contribution in [0.25, 0.3) is 0 Å². The Morgan fingerprint density at radius 2 is 2.08 bits per heavy atom. The average molecular weight is 330 g/mol. The molecule has 1 amide bonds. The van der Waals surface area contributed by atoms with Gasteiger partial charge in [-0.25, -0.2) is 4.79 Å². The number of pyridine rings is 1. The van der Waals surface area contributed by atoms with Crippen LogP contribution in [0, 0.1) is 0 Å². The summed E-state index contributed by atoms with van der Waals surface area (Å²) in [5, 5.41) is 0. The fraction of sp³-hybridized carbons (Fsp3) is 0.375. The fourth-order valence-electron chi connectivity index (χ4n) is 2.65. The van der Waals surface area contributed by atoms with Crippen molar-refractivity contribution in [2.45, 2.75) is 25.5 Å². The van der Waals surface area contributed by atoms with Crippen molar-refractivity contribution in [3.63, 3.8) is 0 Å². The van der Waals surface area contributed by atoms with Crippen molar-refractivity contribution in [3.05, 3.63) is 57.6 Å². The van der Waals surface area contributed by atoms with Gasteiger partial charge < -0.3 is 9.64 Å². The summed E-state index contributed by atoms with van der Waals surface area (Å²) >= 11 is 0. The lowest BCUT2D eigenvalue weighted by atomic mass is 10.1. The van der Waals surface area contributed by atoms with E-state index in [0.717, 1.165) is 18.6 Å². The van der Waals surface area contributed by atoms with Crippen molar-refractivity contribution in [2.24, 2.45) is 0 Å². The molecule has 1 aliphatic heterocycles. The number of aromatic amines is 1. The molecule has 2 aromatic rings. The molecule has 0 aliphatic carbocycles. The SMILES string of the molecule is O=C(Cn1ccc(=O)[nH]c1=O)N1CCC(Oc2cccnc2)CC1. The van der Waals surface area contributed by atoms with Gasteiger partial charge in [0.05, 0.1) is 6.20 Å². The van der Waals surface area contributed by atoms with Crippen LogP contribution in [0.4, 0.5) is 0 Å². The smallest absolute Gasteiger partial charge is 0.328 e. The number of amides is 1. The van der Waals surface area contributed by atoms with Gasteiger partial charge in [0.2, 0.25) is 5.91 Å². The van der Waals surface area contributed by atoms with Gasteiger partial charge in [-0.3, -0.25) is 24.1 Å². The monoisotopic (exact) mass is 330 g/mol. The molecule has 1 N–H and O–H groups in total. The van der Waals surface area contributed by atoms with Gasteiger partial charge in [0.15, 0.2) is 0 Å². The van der Waals surface area contributed by atoms with Crippen molar-refractivity contribution in [1.29, 1.82) is 0 Å². The van der Waals surface area contributed by atoms with Gasteiger partial charge >= 0.3 is 5.69 Å². The molecule has 0 aromatic carbocycles. The molecule has 2 aromatic heterocycles. The number of rotatable bonds is 4. The van der Waals surface area contributed by atoms with Crippen molar-refractivity contribution in [3.8, 4) is 5.75 Å². The van der Waals surface area contributed by atoms with Gasteiger partial charge in [-0.05, 0) is 12.1 Å². The van der Waals surface area contributed by atoms with Gasteiger partial charge in [0.1, 0.15) is 18.4 Å². The van der Waals surface area contributed by atoms with Gasteiger partial charge in [-0.2, -0.15) is 0 Å². The van der Waals surface area contributed by atoms with Crippen LogP contribution in [-0.4, -0.2) is 44.5 Å². The van der Waals surface area contributed by atoms with E-state index in [0.29, 0.717) is 13.1 Å². The third kappa shape index (κ3) is 3.89. The number of aromatic nitrogens is 3. The Morgan fingerprint density at radius 3 is 2.75 bits per heavy atom. The molecular weight excluding hydrogens is 312 g/mol.